The molecule has 0 aliphatic carbocycles. The lowest BCUT2D eigenvalue weighted by Gasteiger charge is -2.35. The van der Waals surface area contributed by atoms with Crippen LogP contribution < -0.4 is 15.5 Å². The van der Waals surface area contributed by atoms with Crippen LogP contribution in [-0.4, -0.2) is 24.4 Å². The summed E-state index contributed by atoms with van der Waals surface area (Å²) in [4.78, 5) is 26.6. The predicted octanol–water partition coefficient (Wildman–Crippen LogP) is 3.33. The minimum Gasteiger partial charge on any atom is -0.349 e. The summed E-state index contributed by atoms with van der Waals surface area (Å²) in [6.45, 7) is 8.06. The Kier molecular flexibility index (Phi) is 4.98. The van der Waals surface area contributed by atoms with Crippen molar-refractivity contribution in [2.75, 3.05) is 16.8 Å². The number of nitrogens with zero attached hydrogens (tertiary/aromatic N) is 1. The van der Waals surface area contributed by atoms with Gasteiger partial charge in [-0.1, -0.05) is 30.3 Å². The molecule has 136 valence electrons. The Morgan fingerprint density at radius 1 is 1.19 bits per heavy atom. The molecular weight excluding hydrogens is 326 g/mol. The van der Waals surface area contributed by atoms with Gasteiger partial charge in [0.25, 0.3) is 0 Å². The summed E-state index contributed by atoms with van der Waals surface area (Å²) in [6, 6.07) is 13.3. The van der Waals surface area contributed by atoms with Crippen LogP contribution in [-0.2, 0) is 9.59 Å². The lowest BCUT2D eigenvalue weighted by Crippen LogP contribution is -2.50. The van der Waals surface area contributed by atoms with Crippen LogP contribution >= 0.6 is 0 Å². The minimum absolute atomic E-state index is 0.0917. The Balaban J connectivity index is 1.73. The van der Waals surface area contributed by atoms with Gasteiger partial charge < -0.3 is 15.5 Å². The van der Waals surface area contributed by atoms with Crippen LogP contribution in [0.25, 0.3) is 0 Å². The van der Waals surface area contributed by atoms with E-state index in [1.807, 2.05) is 49.1 Å². The molecule has 1 aliphatic rings. The smallest absolute Gasteiger partial charge is 0.246 e. The molecule has 2 atom stereocenters. The maximum absolute atomic E-state index is 12.6. The fourth-order valence-electron chi connectivity index (χ4n) is 3.20. The van der Waals surface area contributed by atoms with Gasteiger partial charge in [-0.25, -0.2) is 0 Å². The molecule has 0 unspecified atom stereocenters. The van der Waals surface area contributed by atoms with Crippen LogP contribution in [0.2, 0.25) is 0 Å². The number of para-hydroxylation sites is 2. The molecule has 0 aromatic heterocycles. The maximum Gasteiger partial charge on any atom is 0.246 e. The van der Waals surface area contributed by atoms with Gasteiger partial charge in [0.1, 0.15) is 6.04 Å². The number of rotatable bonds is 4. The van der Waals surface area contributed by atoms with E-state index >= 15 is 0 Å². The Morgan fingerprint density at radius 2 is 1.92 bits per heavy atom. The van der Waals surface area contributed by atoms with Gasteiger partial charge in [-0.3, -0.25) is 9.59 Å². The first-order chi connectivity index (χ1) is 12.4. The molecule has 1 heterocycles. The molecule has 2 aromatic rings. The number of aryl methyl sites for hydroxylation is 2. The Labute approximate surface area is 154 Å². The number of hydrogen-bond acceptors (Lipinski definition) is 3. The zero-order chi connectivity index (χ0) is 18.8. The number of carbonyl (C=O) groups excluding carboxylic acids is 2. The number of benzene rings is 2. The van der Waals surface area contributed by atoms with E-state index in [0.717, 1.165) is 16.9 Å². The van der Waals surface area contributed by atoms with Gasteiger partial charge in [-0.2, -0.15) is 0 Å². The molecule has 0 saturated carbocycles. The molecule has 2 amide bonds. The van der Waals surface area contributed by atoms with Gasteiger partial charge in [0.05, 0.1) is 24.0 Å². The van der Waals surface area contributed by atoms with Crippen LogP contribution in [0.1, 0.15) is 36.6 Å². The summed E-state index contributed by atoms with van der Waals surface area (Å²) >= 11 is 0. The van der Waals surface area contributed by atoms with E-state index in [0.29, 0.717) is 0 Å². The SMILES string of the molecule is Cc1ccc([C@@H](C)NC(=O)CN2c3ccccc3NC(=O)[C@@H]2C)cc1C. The van der Waals surface area contributed by atoms with Crippen molar-refractivity contribution >= 4 is 23.2 Å². The van der Waals surface area contributed by atoms with Crippen LogP contribution in [0.5, 0.6) is 0 Å². The van der Waals surface area contributed by atoms with E-state index in [-0.39, 0.29) is 24.4 Å². The van der Waals surface area contributed by atoms with Gasteiger partial charge >= 0.3 is 0 Å². The zero-order valence-corrected chi connectivity index (χ0v) is 15.7. The van der Waals surface area contributed by atoms with E-state index in [1.54, 1.807) is 0 Å². The van der Waals surface area contributed by atoms with E-state index in [9.17, 15) is 9.59 Å². The van der Waals surface area contributed by atoms with Crippen molar-refractivity contribution in [3.63, 3.8) is 0 Å². The summed E-state index contributed by atoms with van der Waals surface area (Å²) in [5.41, 5.74) is 5.13. The number of hydrogen-bond donors (Lipinski definition) is 2. The molecule has 5 nitrogen and oxygen atoms in total. The van der Waals surface area contributed by atoms with Crippen LogP contribution in [0.4, 0.5) is 11.4 Å². The number of fused-ring (bicyclic) bond motifs is 1. The third-order valence-corrected chi connectivity index (χ3v) is 5.04. The normalized spacial score (nSPS) is 17.3. The van der Waals surface area contributed by atoms with Crippen molar-refractivity contribution in [3.8, 4) is 0 Å². The summed E-state index contributed by atoms with van der Waals surface area (Å²) in [7, 11) is 0. The fourth-order valence-corrected chi connectivity index (χ4v) is 3.20. The van der Waals surface area contributed by atoms with Crippen molar-refractivity contribution in [1.82, 2.24) is 5.32 Å². The molecule has 26 heavy (non-hydrogen) atoms. The topological polar surface area (TPSA) is 61.4 Å². The summed E-state index contributed by atoms with van der Waals surface area (Å²) in [5.74, 6) is -0.203. The molecule has 1 aliphatic heterocycles. The van der Waals surface area contributed by atoms with Crippen molar-refractivity contribution in [2.24, 2.45) is 0 Å². The first-order valence-corrected chi connectivity index (χ1v) is 8.90. The van der Waals surface area contributed by atoms with Crippen molar-refractivity contribution < 1.29 is 9.59 Å². The van der Waals surface area contributed by atoms with E-state index in [2.05, 4.69) is 36.6 Å². The summed E-state index contributed by atoms with van der Waals surface area (Å²) in [5, 5.41) is 5.92. The highest BCUT2D eigenvalue weighted by atomic mass is 16.2. The molecule has 3 rings (SSSR count). The summed E-state index contributed by atoms with van der Waals surface area (Å²) in [6.07, 6.45) is 0. The van der Waals surface area contributed by atoms with Gasteiger partial charge in [-0.05, 0) is 56.5 Å². The largest absolute Gasteiger partial charge is 0.349 e. The molecule has 0 spiro atoms. The Bertz CT molecular complexity index is 847. The van der Waals surface area contributed by atoms with Crippen LogP contribution in [0, 0.1) is 13.8 Å². The average molecular weight is 351 g/mol. The van der Waals surface area contributed by atoms with Crippen LogP contribution in [0.3, 0.4) is 0 Å². The Morgan fingerprint density at radius 3 is 2.65 bits per heavy atom. The van der Waals surface area contributed by atoms with E-state index in [4.69, 9.17) is 0 Å². The summed E-state index contributed by atoms with van der Waals surface area (Å²) < 4.78 is 0. The molecular formula is C21H25N3O2. The highest BCUT2D eigenvalue weighted by Gasteiger charge is 2.30. The fraction of sp³-hybridized carbons (Fsp3) is 0.333. The molecule has 0 bridgehead atoms. The second-order valence-corrected chi connectivity index (χ2v) is 6.94. The standard InChI is InChI=1S/C21H25N3O2/c1-13-9-10-17(11-14(13)2)15(3)22-20(25)12-24-16(4)21(26)23-18-7-5-6-8-19(18)24/h5-11,15-16H,12H2,1-4H3,(H,22,25)(H,23,26)/t15-,16+/m1/s1. The van der Waals surface area contributed by atoms with E-state index < -0.39 is 6.04 Å². The molecule has 5 heteroatoms. The quantitative estimate of drug-likeness (QED) is 0.888. The molecule has 2 N–H and O–H groups in total. The zero-order valence-electron chi connectivity index (χ0n) is 15.7. The number of nitrogens with one attached hydrogen (secondary N) is 2. The van der Waals surface area contributed by atoms with Crippen molar-refractivity contribution in [1.29, 1.82) is 0 Å². The average Bonchev–Trinajstić information content (AvgIpc) is 2.61. The monoisotopic (exact) mass is 351 g/mol. The number of amides is 2. The number of anilines is 2. The molecule has 2 aromatic carbocycles. The first-order valence-electron chi connectivity index (χ1n) is 8.90. The van der Waals surface area contributed by atoms with Crippen molar-refractivity contribution in [2.45, 2.75) is 39.8 Å². The molecule has 0 radical (unpaired) electrons. The third kappa shape index (κ3) is 3.57. The minimum atomic E-state index is -0.396. The highest BCUT2D eigenvalue weighted by Crippen LogP contribution is 2.31. The second-order valence-electron chi connectivity index (χ2n) is 6.94. The number of carbonyl (C=O) groups is 2. The maximum atomic E-state index is 12.6. The molecule has 0 fully saturated rings. The molecule has 0 saturated heterocycles. The van der Waals surface area contributed by atoms with Gasteiger partial charge in [0.15, 0.2) is 0 Å². The van der Waals surface area contributed by atoms with Gasteiger partial charge in [0, 0.05) is 0 Å². The second kappa shape index (κ2) is 7.20. The van der Waals surface area contributed by atoms with Crippen LogP contribution in [0.15, 0.2) is 42.5 Å². The Hall–Kier alpha value is -2.82. The third-order valence-electron chi connectivity index (χ3n) is 5.04. The van der Waals surface area contributed by atoms with E-state index in [1.165, 1.54) is 11.1 Å². The highest BCUT2D eigenvalue weighted by molar-refractivity contribution is 6.04. The lowest BCUT2D eigenvalue weighted by molar-refractivity contribution is -0.120. The lowest BCUT2D eigenvalue weighted by atomic mass is 10.0. The van der Waals surface area contributed by atoms with Gasteiger partial charge in [-0.15, -0.1) is 0 Å². The first kappa shape index (κ1) is 18.0. The van der Waals surface area contributed by atoms with Gasteiger partial charge in [0.2, 0.25) is 11.8 Å². The van der Waals surface area contributed by atoms with Crippen molar-refractivity contribution in [3.05, 3.63) is 59.2 Å². The predicted molar refractivity (Wildman–Crippen MR) is 104 cm³/mol.